The molecule has 1 atom stereocenters. The lowest BCUT2D eigenvalue weighted by Crippen LogP contribution is -2.22. The third-order valence-electron chi connectivity index (χ3n) is 6.79. The zero-order valence-electron chi connectivity index (χ0n) is 22.8. The van der Waals surface area contributed by atoms with Crippen molar-refractivity contribution in [3.63, 3.8) is 0 Å². The van der Waals surface area contributed by atoms with Gasteiger partial charge in [-0.05, 0) is 72.5 Å². The van der Waals surface area contributed by atoms with E-state index >= 15 is 0 Å². The summed E-state index contributed by atoms with van der Waals surface area (Å²) < 4.78 is 56.6. The summed E-state index contributed by atoms with van der Waals surface area (Å²) in [5.41, 5.74) is 4.10. The number of sulfonamides is 1. The molecule has 2 N–H and O–H groups in total. The van der Waals surface area contributed by atoms with E-state index in [1.54, 1.807) is 54.9 Å². The molecule has 12 nitrogen and oxygen atoms in total. The van der Waals surface area contributed by atoms with Crippen LogP contribution in [0.2, 0.25) is 0 Å². The second-order valence-electron chi connectivity index (χ2n) is 10.2. The third kappa shape index (κ3) is 6.49. The topological polar surface area (TPSA) is 162 Å². The minimum Gasteiger partial charge on any atom is -0.423 e. The first-order valence-corrected chi connectivity index (χ1v) is 16.9. The molecule has 0 fully saturated rings. The Morgan fingerprint density at radius 3 is 2.47 bits per heavy atom. The van der Waals surface area contributed by atoms with Crippen LogP contribution in [-0.4, -0.2) is 53.9 Å². The van der Waals surface area contributed by atoms with Crippen LogP contribution in [0.15, 0.2) is 85.2 Å². The van der Waals surface area contributed by atoms with E-state index in [-0.39, 0.29) is 11.7 Å². The van der Waals surface area contributed by atoms with Crippen LogP contribution in [0.4, 0.5) is 17.3 Å². The Labute approximate surface area is 247 Å². The average molecular weight is 619 g/mol. The van der Waals surface area contributed by atoms with Gasteiger partial charge in [0.1, 0.15) is 5.75 Å². The van der Waals surface area contributed by atoms with E-state index < -0.39 is 30.9 Å². The van der Waals surface area contributed by atoms with Gasteiger partial charge in [-0.15, -0.1) is 0 Å². The molecule has 1 unspecified atom stereocenters. The highest BCUT2D eigenvalue weighted by Crippen LogP contribution is 2.37. The van der Waals surface area contributed by atoms with Gasteiger partial charge in [0.05, 0.1) is 23.2 Å². The molecule has 43 heavy (non-hydrogen) atoms. The Hall–Kier alpha value is -4.82. The first kappa shape index (κ1) is 28.3. The number of hydrogen-bond acceptors (Lipinski definition) is 10. The van der Waals surface area contributed by atoms with Gasteiger partial charge in [0.2, 0.25) is 16.0 Å². The van der Waals surface area contributed by atoms with Gasteiger partial charge in [-0.1, -0.05) is 24.3 Å². The Kier molecular flexibility index (Phi) is 7.31. The largest absolute Gasteiger partial charge is 0.423 e. The SMILES string of the molecule is CS(=O)(=O)CS(=O)(=O)Nc1ccc(Nc2ncc3cnn(C4CCc5cc(OC(=O)c6ccccc6)ccc54)c3n2)cc1. The number of esters is 1. The van der Waals surface area contributed by atoms with Crippen LogP contribution in [0.3, 0.4) is 0 Å². The second-order valence-corrected chi connectivity index (χ2v) is 14.4. The molecule has 0 bridgehead atoms. The van der Waals surface area contributed by atoms with Crippen LogP contribution in [0.1, 0.15) is 33.9 Å². The highest BCUT2D eigenvalue weighted by molar-refractivity contribution is 8.08. The Balaban J connectivity index is 1.18. The minimum atomic E-state index is -4.05. The number of sulfone groups is 1. The van der Waals surface area contributed by atoms with E-state index in [2.05, 4.69) is 20.1 Å². The van der Waals surface area contributed by atoms with Gasteiger partial charge in [0, 0.05) is 23.8 Å². The summed E-state index contributed by atoms with van der Waals surface area (Å²) in [6.07, 6.45) is 5.82. The Bertz CT molecular complexity index is 2050. The van der Waals surface area contributed by atoms with E-state index in [4.69, 9.17) is 9.72 Å². The smallest absolute Gasteiger partial charge is 0.343 e. The highest BCUT2D eigenvalue weighted by atomic mass is 32.3. The molecule has 0 aliphatic heterocycles. The lowest BCUT2D eigenvalue weighted by atomic mass is 10.1. The first-order chi connectivity index (χ1) is 20.5. The van der Waals surface area contributed by atoms with Gasteiger partial charge in [-0.3, -0.25) is 4.72 Å². The molecule has 2 heterocycles. The van der Waals surface area contributed by atoms with Gasteiger partial charge in [0.25, 0.3) is 0 Å². The van der Waals surface area contributed by atoms with E-state index in [1.165, 1.54) is 12.1 Å². The van der Waals surface area contributed by atoms with Crippen LogP contribution in [0.5, 0.6) is 5.75 Å². The van der Waals surface area contributed by atoms with Gasteiger partial charge in [0.15, 0.2) is 20.6 Å². The first-order valence-electron chi connectivity index (χ1n) is 13.2. The fourth-order valence-electron chi connectivity index (χ4n) is 4.99. The summed E-state index contributed by atoms with van der Waals surface area (Å²) >= 11 is 0. The van der Waals surface area contributed by atoms with Crippen molar-refractivity contribution in [1.82, 2.24) is 19.7 Å². The second kappa shape index (κ2) is 11.1. The fourth-order valence-corrected chi connectivity index (χ4v) is 7.98. The van der Waals surface area contributed by atoms with Crippen molar-refractivity contribution < 1.29 is 26.4 Å². The number of fused-ring (bicyclic) bond motifs is 2. The number of carbonyl (C=O) groups excluding carboxylic acids is 1. The van der Waals surface area contributed by atoms with Gasteiger partial charge >= 0.3 is 5.97 Å². The molecule has 2 aromatic heterocycles. The summed E-state index contributed by atoms with van der Waals surface area (Å²) in [7, 11) is -7.76. The molecule has 1 aliphatic rings. The number of aromatic nitrogens is 4. The van der Waals surface area contributed by atoms with Crippen molar-refractivity contribution in [3.8, 4) is 5.75 Å². The minimum absolute atomic E-state index is 0.0617. The van der Waals surface area contributed by atoms with Crippen molar-refractivity contribution in [3.05, 3.63) is 102 Å². The third-order valence-corrected chi connectivity index (χ3v) is 10.3. The van der Waals surface area contributed by atoms with Gasteiger partial charge in [-0.2, -0.15) is 10.1 Å². The highest BCUT2D eigenvalue weighted by Gasteiger charge is 2.27. The number of nitrogens with one attached hydrogen (secondary N) is 2. The number of benzene rings is 3. The molecule has 0 amide bonds. The number of hydrogen-bond donors (Lipinski definition) is 2. The maximum absolute atomic E-state index is 12.5. The van der Waals surface area contributed by atoms with Crippen LogP contribution in [-0.2, 0) is 26.3 Å². The molecule has 0 spiro atoms. The van der Waals surface area contributed by atoms with Gasteiger partial charge < -0.3 is 10.1 Å². The molecule has 0 saturated heterocycles. The molecule has 5 aromatic rings. The Morgan fingerprint density at radius 1 is 0.977 bits per heavy atom. The molecule has 6 rings (SSSR count). The lowest BCUT2D eigenvalue weighted by molar-refractivity contribution is 0.0734. The van der Waals surface area contributed by atoms with E-state index in [0.29, 0.717) is 28.6 Å². The number of aryl methyl sites for hydroxylation is 1. The zero-order chi connectivity index (χ0) is 30.2. The zero-order valence-corrected chi connectivity index (χ0v) is 24.5. The summed E-state index contributed by atoms with van der Waals surface area (Å²) in [5.74, 6) is 0.399. The van der Waals surface area contributed by atoms with Crippen molar-refractivity contribution >= 4 is 54.2 Å². The van der Waals surface area contributed by atoms with Crippen LogP contribution in [0.25, 0.3) is 11.0 Å². The van der Waals surface area contributed by atoms with E-state index in [0.717, 1.165) is 35.6 Å². The summed E-state index contributed by atoms with van der Waals surface area (Å²) in [6, 6.07) is 20.7. The maximum Gasteiger partial charge on any atom is 0.343 e. The fraction of sp³-hybridized carbons (Fsp3) is 0.172. The maximum atomic E-state index is 12.5. The molecule has 1 aliphatic carbocycles. The van der Waals surface area contributed by atoms with Crippen molar-refractivity contribution in [2.45, 2.75) is 18.9 Å². The number of nitrogens with zero attached hydrogens (tertiary/aromatic N) is 4. The number of rotatable bonds is 9. The van der Waals surface area contributed by atoms with Crippen molar-refractivity contribution in [1.29, 1.82) is 0 Å². The number of ether oxygens (including phenoxy) is 1. The molecule has 0 radical (unpaired) electrons. The van der Waals surface area contributed by atoms with Crippen molar-refractivity contribution in [2.75, 3.05) is 21.4 Å². The van der Waals surface area contributed by atoms with E-state index in [1.807, 2.05) is 22.9 Å². The molecular weight excluding hydrogens is 592 g/mol. The predicted molar refractivity (Wildman–Crippen MR) is 162 cm³/mol. The molecular formula is C29H26N6O6S2. The standard InChI is InChI=1S/C29H26N6O6S2/c1-42(37,38)18-43(39,40)34-23-10-8-22(9-11-23)32-29-30-16-21-17-31-35(27(21)33-29)26-14-7-20-15-24(12-13-25(20)26)41-28(36)19-5-3-2-4-6-19/h2-6,8-13,15-17,26,34H,7,14,18H2,1H3,(H,30,32,33). The monoisotopic (exact) mass is 618 g/mol. The summed E-state index contributed by atoms with van der Waals surface area (Å²) in [5, 5.41) is 7.47. The number of anilines is 3. The molecule has 14 heteroatoms. The normalized spacial score (nSPS) is 14.8. The molecule has 220 valence electrons. The van der Waals surface area contributed by atoms with Crippen LogP contribution in [0, 0.1) is 0 Å². The quantitative estimate of drug-likeness (QED) is 0.182. The summed E-state index contributed by atoms with van der Waals surface area (Å²) in [6.45, 7) is 0. The average Bonchev–Trinajstić information content (AvgIpc) is 3.56. The lowest BCUT2D eigenvalue weighted by Gasteiger charge is -2.14. The van der Waals surface area contributed by atoms with Crippen LogP contribution >= 0.6 is 0 Å². The van der Waals surface area contributed by atoms with Crippen LogP contribution < -0.4 is 14.8 Å². The Morgan fingerprint density at radius 2 is 1.72 bits per heavy atom. The number of carbonyl (C=O) groups is 1. The predicted octanol–water partition coefficient (Wildman–Crippen LogP) is 4.07. The molecule has 0 saturated carbocycles. The van der Waals surface area contributed by atoms with E-state index in [9.17, 15) is 21.6 Å². The molecule has 3 aromatic carbocycles. The van der Waals surface area contributed by atoms with Gasteiger partial charge in [-0.25, -0.2) is 31.3 Å². The van der Waals surface area contributed by atoms with Crippen molar-refractivity contribution in [2.24, 2.45) is 0 Å². The summed E-state index contributed by atoms with van der Waals surface area (Å²) in [4.78, 5) is 21.5.